The molecular formula is C26H18N6. The Balaban J connectivity index is 1.69. The Morgan fingerprint density at radius 3 is 2.53 bits per heavy atom. The molecule has 0 spiro atoms. The zero-order valence-electron chi connectivity index (χ0n) is 17.1. The van der Waals surface area contributed by atoms with E-state index in [-0.39, 0.29) is 0 Å². The zero-order valence-corrected chi connectivity index (χ0v) is 17.1. The van der Waals surface area contributed by atoms with Crippen LogP contribution < -0.4 is 5.32 Å². The van der Waals surface area contributed by atoms with E-state index >= 15 is 0 Å². The van der Waals surface area contributed by atoms with Crippen LogP contribution in [-0.4, -0.2) is 19.9 Å². The first-order valence-corrected chi connectivity index (χ1v) is 10.2. The molecule has 0 bridgehead atoms. The summed E-state index contributed by atoms with van der Waals surface area (Å²) < 4.78 is 0. The van der Waals surface area contributed by atoms with Gasteiger partial charge < -0.3 is 5.32 Å². The molecule has 32 heavy (non-hydrogen) atoms. The average molecular weight is 414 g/mol. The Kier molecular flexibility index (Phi) is 5.21. The van der Waals surface area contributed by atoms with Gasteiger partial charge >= 0.3 is 0 Å². The third-order valence-electron chi connectivity index (χ3n) is 5.10. The molecule has 3 aromatic heterocycles. The first-order chi connectivity index (χ1) is 15.8. The van der Waals surface area contributed by atoms with Gasteiger partial charge in [0.25, 0.3) is 0 Å². The highest BCUT2D eigenvalue weighted by molar-refractivity contribution is 6.02. The predicted octanol–water partition coefficient (Wildman–Crippen LogP) is 5.24. The van der Waals surface area contributed by atoms with E-state index in [4.69, 9.17) is 9.97 Å². The summed E-state index contributed by atoms with van der Waals surface area (Å²) in [5.41, 5.74) is 5.00. The number of fused-ring (bicyclic) bond motifs is 1. The van der Waals surface area contributed by atoms with E-state index in [2.05, 4.69) is 39.6 Å². The Hall–Kier alpha value is -4.63. The quantitative estimate of drug-likeness (QED) is 0.423. The van der Waals surface area contributed by atoms with Gasteiger partial charge in [-0.05, 0) is 35.4 Å². The first kappa shape index (κ1) is 19.3. The van der Waals surface area contributed by atoms with Gasteiger partial charge in [0.05, 0.1) is 28.7 Å². The molecule has 0 aliphatic rings. The minimum atomic E-state index is 0.465. The summed E-state index contributed by atoms with van der Waals surface area (Å²) in [4.78, 5) is 18.2. The number of nitriles is 1. The fourth-order valence-electron chi connectivity index (χ4n) is 3.60. The number of benzene rings is 2. The molecule has 0 atom stereocenters. The van der Waals surface area contributed by atoms with Gasteiger partial charge in [-0.3, -0.25) is 9.97 Å². The summed E-state index contributed by atoms with van der Waals surface area (Å²) in [6.45, 7) is 0.520. The number of hydrogen-bond donors (Lipinski definition) is 1. The van der Waals surface area contributed by atoms with Crippen molar-refractivity contribution in [3.8, 4) is 28.6 Å². The molecule has 0 fully saturated rings. The van der Waals surface area contributed by atoms with Crippen molar-refractivity contribution in [2.24, 2.45) is 0 Å². The van der Waals surface area contributed by atoms with Crippen LogP contribution in [0.5, 0.6) is 0 Å². The van der Waals surface area contributed by atoms with E-state index in [1.54, 1.807) is 18.5 Å². The summed E-state index contributed by atoms with van der Waals surface area (Å²) >= 11 is 0. The molecule has 0 aliphatic heterocycles. The number of nitrogens with zero attached hydrogens (tertiary/aromatic N) is 5. The molecule has 152 valence electrons. The van der Waals surface area contributed by atoms with Crippen LogP contribution in [0.1, 0.15) is 11.3 Å². The van der Waals surface area contributed by atoms with Crippen LogP contribution in [0.2, 0.25) is 0 Å². The van der Waals surface area contributed by atoms with Crippen molar-refractivity contribution in [3.63, 3.8) is 0 Å². The lowest BCUT2D eigenvalue weighted by molar-refractivity contribution is 1.03. The van der Waals surface area contributed by atoms with Gasteiger partial charge in [-0.1, -0.05) is 48.5 Å². The van der Waals surface area contributed by atoms with Crippen molar-refractivity contribution in [2.75, 3.05) is 5.32 Å². The molecule has 0 amide bonds. The molecule has 0 unspecified atom stereocenters. The van der Waals surface area contributed by atoms with Crippen LogP contribution in [0.15, 0.2) is 91.4 Å². The lowest BCUT2D eigenvalue weighted by Gasteiger charge is -2.14. The van der Waals surface area contributed by atoms with Crippen LogP contribution in [0.3, 0.4) is 0 Å². The lowest BCUT2D eigenvalue weighted by atomic mass is 10.0. The van der Waals surface area contributed by atoms with E-state index in [1.807, 2.05) is 48.5 Å². The number of nitrogens with one attached hydrogen (secondary N) is 1. The summed E-state index contributed by atoms with van der Waals surface area (Å²) in [6, 6.07) is 25.9. The van der Waals surface area contributed by atoms with Crippen molar-refractivity contribution < 1.29 is 0 Å². The molecule has 0 saturated carbocycles. The molecule has 5 rings (SSSR count). The second-order valence-electron chi connectivity index (χ2n) is 7.21. The van der Waals surface area contributed by atoms with Crippen molar-refractivity contribution in [3.05, 3.63) is 103 Å². The Bertz CT molecular complexity index is 1430. The smallest absolute Gasteiger partial charge is 0.163 e. The fourth-order valence-corrected chi connectivity index (χ4v) is 3.60. The second-order valence-corrected chi connectivity index (χ2v) is 7.21. The monoisotopic (exact) mass is 414 g/mol. The van der Waals surface area contributed by atoms with Crippen molar-refractivity contribution in [1.82, 2.24) is 19.9 Å². The summed E-state index contributed by atoms with van der Waals surface area (Å²) in [5.74, 6) is 1.22. The average Bonchev–Trinajstić information content (AvgIpc) is 2.88. The Morgan fingerprint density at radius 1 is 0.844 bits per heavy atom. The summed E-state index contributed by atoms with van der Waals surface area (Å²) in [7, 11) is 0. The third-order valence-corrected chi connectivity index (χ3v) is 5.10. The molecule has 5 aromatic rings. The number of rotatable bonds is 5. The van der Waals surface area contributed by atoms with E-state index in [1.165, 1.54) is 6.20 Å². The largest absolute Gasteiger partial charge is 0.364 e. The maximum Gasteiger partial charge on any atom is 0.163 e. The first-order valence-electron chi connectivity index (χ1n) is 10.2. The van der Waals surface area contributed by atoms with Gasteiger partial charge in [0, 0.05) is 24.2 Å². The maximum absolute atomic E-state index is 9.26. The van der Waals surface area contributed by atoms with Crippen molar-refractivity contribution in [2.45, 2.75) is 6.54 Å². The molecule has 0 radical (unpaired) electrons. The third kappa shape index (κ3) is 3.87. The highest BCUT2D eigenvalue weighted by atomic mass is 15.0. The van der Waals surface area contributed by atoms with Gasteiger partial charge in [0.1, 0.15) is 11.9 Å². The van der Waals surface area contributed by atoms with Crippen LogP contribution in [0.25, 0.3) is 33.4 Å². The molecular weight excluding hydrogens is 396 g/mol. The van der Waals surface area contributed by atoms with Crippen molar-refractivity contribution in [1.29, 1.82) is 5.26 Å². The standard InChI is InChI=1S/C26H18N6/c27-14-18-13-20(16-28-15-18)25-31-23-11-6-10-22(19-7-2-1-3-8-19)24(23)26(32-25)30-17-21-9-4-5-12-29-21/h1-13,15-16H,17H2,(H,30,31,32). The van der Waals surface area contributed by atoms with Crippen molar-refractivity contribution >= 4 is 16.7 Å². The molecule has 2 aromatic carbocycles. The van der Waals surface area contributed by atoms with Crippen LogP contribution in [0.4, 0.5) is 5.82 Å². The Morgan fingerprint density at radius 2 is 1.72 bits per heavy atom. The summed E-state index contributed by atoms with van der Waals surface area (Å²) in [6.07, 6.45) is 4.97. The lowest BCUT2D eigenvalue weighted by Crippen LogP contribution is -2.06. The minimum absolute atomic E-state index is 0.465. The number of aromatic nitrogens is 4. The predicted molar refractivity (Wildman–Crippen MR) is 124 cm³/mol. The highest BCUT2D eigenvalue weighted by Gasteiger charge is 2.15. The van der Waals surface area contributed by atoms with Crippen LogP contribution in [-0.2, 0) is 6.54 Å². The SMILES string of the molecule is N#Cc1cncc(-c2nc(NCc3ccccn3)c3c(-c4ccccc4)cccc3n2)c1. The van der Waals surface area contributed by atoms with E-state index in [9.17, 15) is 5.26 Å². The number of anilines is 1. The highest BCUT2D eigenvalue weighted by Crippen LogP contribution is 2.34. The summed E-state index contributed by atoms with van der Waals surface area (Å²) in [5, 5.41) is 13.6. The van der Waals surface area contributed by atoms with E-state index in [0.717, 1.165) is 27.7 Å². The number of pyridine rings is 2. The van der Waals surface area contributed by atoms with Gasteiger partial charge in [-0.2, -0.15) is 5.26 Å². The molecule has 0 aliphatic carbocycles. The second kappa shape index (κ2) is 8.62. The van der Waals surface area contributed by atoms with Crippen LogP contribution >= 0.6 is 0 Å². The molecule has 6 heteroatoms. The molecule has 3 heterocycles. The fraction of sp³-hybridized carbons (Fsp3) is 0.0385. The van der Waals surface area contributed by atoms with E-state index in [0.29, 0.717) is 29.3 Å². The van der Waals surface area contributed by atoms with Gasteiger partial charge in [0.15, 0.2) is 5.82 Å². The Labute approximate surface area is 185 Å². The van der Waals surface area contributed by atoms with Gasteiger partial charge in [-0.15, -0.1) is 0 Å². The van der Waals surface area contributed by atoms with Gasteiger partial charge in [-0.25, -0.2) is 9.97 Å². The molecule has 1 N–H and O–H groups in total. The van der Waals surface area contributed by atoms with Gasteiger partial charge in [0.2, 0.25) is 0 Å². The molecule has 0 saturated heterocycles. The zero-order chi connectivity index (χ0) is 21.8. The topological polar surface area (TPSA) is 87.4 Å². The maximum atomic E-state index is 9.26. The van der Waals surface area contributed by atoms with Crippen LogP contribution in [0, 0.1) is 11.3 Å². The minimum Gasteiger partial charge on any atom is -0.364 e. The number of hydrogen-bond acceptors (Lipinski definition) is 6. The van der Waals surface area contributed by atoms with E-state index < -0.39 is 0 Å². The molecule has 6 nitrogen and oxygen atoms in total. The normalized spacial score (nSPS) is 10.6.